The van der Waals surface area contributed by atoms with Gasteiger partial charge in [-0.3, -0.25) is 4.79 Å². The molecule has 0 saturated heterocycles. The quantitative estimate of drug-likeness (QED) is 0.270. The van der Waals surface area contributed by atoms with E-state index >= 15 is 0 Å². The molecule has 0 radical (unpaired) electrons. The zero-order valence-electron chi connectivity index (χ0n) is 15.2. The summed E-state index contributed by atoms with van der Waals surface area (Å²) in [5.74, 6) is 7.60. The molecule has 0 amide bonds. The second-order valence-corrected chi connectivity index (χ2v) is 6.23. The molecule has 0 aliphatic carbocycles. The fourth-order valence-electron chi connectivity index (χ4n) is 2.65. The van der Waals surface area contributed by atoms with Crippen LogP contribution in [0.2, 0.25) is 0 Å². The third-order valence-electron chi connectivity index (χ3n) is 3.99. The molecule has 0 aliphatic heterocycles. The zero-order chi connectivity index (χ0) is 17.6. The Hall–Kier alpha value is -0.650. The van der Waals surface area contributed by atoms with Gasteiger partial charge in [-0.25, -0.2) is 4.94 Å². The van der Waals surface area contributed by atoms with Crippen LogP contribution in [-0.4, -0.2) is 11.1 Å². The predicted octanol–water partition coefficient (Wildman–Crippen LogP) is 5.08. The van der Waals surface area contributed by atoms with Crippen molar-refractivity contribution in [2.75, 3.05) is 0 Å². The summed E-state index contributed by atoms with van der Waals surface area (Å²) in [6.45, 7) is 2.27. The van der Waals surface area contributed by atoms with Crippen LogP contribution < -0.4 is 11.8 Å². The molecule has 5 heteroatoms. The molecule has 0 aromatic carbocycles. The molecule has 0 heterocycles. The van der Waals surface area contributed by atoms with Crippen LogP contribution >= 0.6 is 0 Å². The van der Waals surface area contributed by atoms with Gasteiger partial charge in [0.1, 0.15) is 0 Å². The Bertz CT molecular complexity index is 226. The van der Waals surface area contributed by atoms with E-state index in [4.69, 9.17) is 5.11 Å². The third kappa shape index (κ3) is 29.9. The number of rotatable bonds is 16. The second-order valence-electron chi connectivity index (χ2n) is 6.23. The fraction of sp³-hybridized carbons (Fsp3) is 0.944. The molecular formula is C18H40N2O3. The number of hydrogen-bond donors (Lipinski definition) is 3. The van der Waals surface area contributed by atoms with Gasteiger partial charge in [0.15, 0.2) is 0 Å². The summed E-state index contributed by atoms with van der Waals surface area (Å²) in [5.41, 5.74) is 0. The minimum Gasteiger partial charge on any atom is -0.481 e. The molecule has 0 aromatic rings. The van der Waals surface area contributed by atoms with Crippen LogP contribution in [0.3, 0.4) is 0 Å². The van der Waals surface area contributed by atoms with E-state index in [-0.39, 0.29) is 0 Å². The van der Waals surface area contributed by atoms with Crippen molar-refractivity contribution in [3.63, 3.8) is 0 Å². The minimum atomic E-state index is -0.653. The maximum atomic E-state index is 10.3. The molecule has 5 nitrogen and oxygen atoms in total. The smallest absolute Gasteiger partial charge is 0.303 e. The van der Waals surface area contributed by atoms with E-state index in [0.717, 1.165) is 12.8 Å². The van der Waals surface area contributed by atoms with Gasteiger partial charge in [-0.15, -0.1) is 0 Å². The highest BCUT2D eigenvalue weighted by molar-refractivity contribution is 5.66. The maximum absolute atomic E-state index is 10.3. The Morgan fingerprint density at radius 3 is 1.22 bits per heavy atom. The summed E-state index contributed by atoms with van der Waals surface area (Å²) >= 11 is 0. The van der Waals surface area contributed by atoms with E-state index in [9.17, 15) is 4.79 Å². The van der Waals surface area contributed by atoms with Gasteiger partial charge in [0, 0.05) is 6.42 Å². The highest BCUT2D eigenvalue weighted by atomic mass is 16.7. The lowest BCUT2D eigenvalue weighted by Gasteiger charge is -2.03. The fourth-order valence-corrected chi connectivity index (χ4v) is 2.65. The Labute approximate surface area is 143 Å². The van der Waals surface area contributed by atoms with Crippen LogP contribution in [-0.2, 0) is 9.73 Å². The Balaban J connectivity index is 0. The van der Waals surface area contributed by atoms with Crippen molar-refractivity contribution in [1.29, 1.82) is 0 Å². The Kier molecular flexibility index (Phi) is 25.3. The average molecular weight is 333 g/mol. The highest BCUT2D eigenvalue weighted by Gasteiger charge is 1.97. The molecule has 0 bridgehead atoms. The van der Waals surface area contributed by atoms with Crippen LogP contribution in [0.1, 0.15) is 110 Å². The van der Waals surface area contributed by atoms with E-state index in [2.05, 4.69) is 23.7 Å². The average Bonchev–Trinajstić information content (AvgIpc) is 2.51. The summed E-state index contributed by atoms with van der Waals surface area (Å²) in [6.07, 6.45) is 20.2. The van der Waals surface area contributed by atoms with Gasteiger partial charge in [0.25, 0.3) is 0 Å². The first-order chi connectivity index (χ1) is 11.2. The molecule has 0 saturated carbocycles. The van der Waals surface area contributed by atoms with Crippen LogP contribution in [0, 0.1) is 0 Å². The zero-order valence-corrected chi connectivity index (χ0v) is 15.2. The lowest BCUT2D eigenvalue weighted by Crippen LogP contribution is -2.03. The molecule has 0 rings (SSSR count). The second kappa shape index (κ2) is 23.6. The van der Waals surface area contributed by atoms with E-state index < -0.39 is 5.97 Å². The molecular weight excluding hydrogens is 292 g/mol. The monoisotopic (exact) mass is 332 g/mol. The third-order valence-corrected chi connectivity index (χ3v) is 3.99. The number of carboxylic acid groups (broad SMARTS) is 1. The van der Waals surface area contributed by atoms with Gasteiger partial charge in [0.2, 0.25) is 0 Å². The van der Waals surface area contributed by atoms with Gasteiger partial charge in [0.05, 0.1) is 0 Å². The topological polar surface area (TPSA) is 98.6 Å². The van der Waals surface area contributed by atoms with Crippen molar-refractivity contribution < 1.29 is 14.8 Å². The number of carboxylic acids is 1. The minimum absolute atomic E-state index is 0.345. The van der Waals surface area contributed by atoms with Crippen LogP contribution in [0.4, 0.5) is 0 Å². The first-order valence-electron chi connectivity index (χ1n) is 9.46. The molecule has 0 spiro atoms. The molecule has 140 valence electrons. The number of hydrogen-bond acceptors (Lipinski definition) is 4. The van der Waals surface area contributed by atoms with Gasteiger partial charge < -0.3 is 5.11 Å². The molecule has 0 unspecified atom stereocenters. The molecule has 0 atom stereocenters. The van der Waals surface area contributed by atoms with Crippen molar-refractivity contribution in [1.82, 2.24) is 0 Å². The van der Waals surface area contributed by atoms with Crippen LogP contribution in [0.15, 0.2) is 0 Å². The molecule has 0 aromatic heterocycles. The normalized spacial score (nSPS) is 10.2. The summed E-state index contributed by atoms with van der Waals surface area (Å²) in [4.78, 5) is 13.6. The van der Waals surface area contributed by atoms with Gasteiger partial charge in [-0.2, -0.15) is 11.8 Å². The van der Waals surface area contributed by atoms with Crippen molar-refractivity contribution in [3.05, 3.63) is 0 Å². The van der Waals surface area contributed by atoms with Crippen molar-refractivity contribution in [2.45, 2.75) is 110 Å². The van der Waals surface area contributed by atoms with Crippen LogP contribution in [0.25, 0.3) is 0 Å². The van der Waals surface area contributed by atoms with Crippen molar-refractivity contribution in [2.24, 2.45) is 11.8 Å². The largest absolute Gasteiger partial charge is 0.481 e. The first-order valence-corrected chi connectivity index (χ1v) is 9.46. The Morgan fingerprint density at radius 1 is 0.696 bits per heavy atom. The lowest BCUT2D eigenvalue weighted by atomic mass is 10.0. The standard InChI is InChI=1S/C18H36O2.H4N2O/c1-2-3-4-5-6-7-8-9-10-11-12-13-14-15-16-17-18(19)20;1-3-2/h2-17H2,1H3,(H,19,20);1-2H2. The summed E-state index contributed by atoms with van der Waals surface area (Å²) in [5, 5.41) is 8.52. The van der Waals surface area contributed by atoms with Crippen molar-refractivity contribution in [3.8, 4) is 0 Å². The summed E-state index contributed by atoms with van der Waals surface area (Å²) in [7, 11) is 0. The SMILES string of the molecule is CCCCCCCCCCCCCCCCCC(=O)O.NON. The number of carbonyl (C=O) groups is 1. The highest BCUT2D eigenvalue weighted by Crippen LogP contribution is 2.13. The predicted molar refractivity (Wildman–Crippen MR) is 96.6 cm³/mol. The summed E-state index contributed by atoms with van der Waals surface area (Å²) < 4.78 is 0. The lowest BCUT2D eigenvalue weighted by molar-refractivity contribution is -0.137. The summed E-state index contributed by atoms with van der Waals surface area (Å²) in [6, 6.07) is 0. The number of aliphatic carboxylic acids is 1. The van der Waals surface area contributed by atoms with E-state index in [1.165, 1.54) is 83.5 Å². The number of nitrogens with two attached hydrogens (primary N) is 2. The van der Waals surface area contributed by atoms with E-state index in [0.29, 0.717) is 6.42 Å². The molecule has 5 N–H and O–H groups in total. The van der Waals surface area contributed by atoms with E-state index in [1.54, 1.807) is 0 Å². The molecule has 0 aliphatic rings. The van der Waals surface area contributed by atoms with Crippen molar-refractivity contribution >= 4 is 5.97 Å². The Morgan fingerprint density at radius 2 is 0.957 bits per heavy atom. The van der Waals surface area contributed by atoms with Gasteiger partial charge in [-0.05, 0) is 6.42 Å². The van der Waals surface area contributed by atoms with E-state index in [1.807, 2.05) is 0 Å². The van der Waals surface area contributed by atoms with Gasteiger partial charge >= 0.3 is 5.97 Å². The van der Waals surface area contributed by atoms with Gasteiger partial charge in [-0.1, -0.05) is 96.8 Å². The molecule has 23 heavy (non-hydrogen) atoms. The molecule has 0 fully saturated rings. The number of unbranched alkanes of at least 4 members (excludes halogenated alkanes) is 14. The maximum Gasteiger partial charge on any atom is 0.303 e. The first kappa shape index (κ1) is 24.6. The van der Waals surface area contributed by atoms with Crippen LogP contribution in [0.5, 0.6) is 0 Å².